The predicted octanol–water partition coefficient (Wildman–Crippen LogP) is 3.19. The summed E-state index contributed by atoms with van der Waals surface area (Å²) in [6, 6.07) is 16.6. The summed E-state index contributed by atoms with van der Waals surface area (Å²) in [6.07, 6.45) is 2.55. The van der Waals surface area contributed by atoms with Gasteiger partial charge in [0.2, 0.25) is 5.91 Å². The zero-order valence-corrected chi connectivity index (χ0v) is 12.7. The normalized spacial score (nSPS) is 15.0. The van der Waals surface area contributed by atoms with Crippen LogP contribution in [-0.2, 0) is 11.2 Å². The van der Waals surface area contributed by atoms with Crippen molar-refractivity contribution < 1.29 is 14.7 Å². The van der Waals surface area contributed by atoms with Crippen molar-refractivity contribution in [2.24, 2.45) is 5.92 Å². The van der Waals surface area contributed by atoms with Gasteiger partial charge in [-0.1, -0.05) is 42.5 Å². The number of carboxylic acids is 1. The molecule has 2 aromatic carbocycles. The van der Waals surface area contributed by atoms with Crippen molar-refractivity contribution in [3.63, 3.8) is 0 Å². The summed E-state index contributed by atoms with van der Waals surface area (Å²) < 4.78 is 0. The fourth-order valence-electron chi connectivity index (χ4n) is 2.74. The molecule has 23 heavy (non-hydrogen) atoms. The molecule has 4 heteroatoms. The molecule has 1 unspecified atom stereocenters. The maximum absolute atomic E-state index is 12.3. The van der Waals surface area contributed by atoms with E-state index in [4.69, 9.17) is 5.11 Å². The highest BCUT2D eigenvalue weighted by Crippen LogP contribution is 2.40. The van der Waals surface area contributed by atoms with Crippen molar-refractivity contribution in [2.45, 2.75) is 25.3 Å². The number of rotatable bonds is 6. The van der Waals surface area contributed by atoms with Crippen LogP contribution in [0.4, 0.5) is 0 Å². The lowest BCUT2D eigenvalue weighted by molar-refractivity contribution is -0.121. The van der Waals surface area contributed by atoms with Crippen molar-refractivity contribution in [1.82, 2.24) is 5.32 Å². The number of amides is 1. The van der Waals surface area contributed by atoms with Gasteiger partial charge < -0.3 is 10.4 Å². The molecular weight excluding hydrogens is 290 g/mol. The molecule has 1 aliphatic rings. The Bertz CT molecular complexity index is 690. The standard InChI is InChI=1S/C19H19NO3/c21-17(12-13-6-8-16(9-7-13)19(22)23)20-18(15-10-11-15)14-4-2-1-3-5-14/h1-9,15,18H,10-12H2,(H,20,21)(H,22,23). The van der Waals surface area contributed by atoms with Crippen LogP contribution in [0.3, 0.4) is 0 Å². The average Bonchev–Trinajstić information content (AvgIpc) is 3.39. The summed E-state index contributed by atoms with van der Waals surface area (Å²) in [7, 11) is 0. The quantitative estimate of drug-likeness (QED) is 0.861. The Hall–Kier alpha value is -2.62. The summed E-state index contributed by atoms with van der Waals surface area (Å²) in [5, 5.41) is 12.0. The minimum absolute atomic E-state index is 0.0335. The molecule has 1 atom stereocenters. The number of aromatic carboxylic acids is 1. The van der Waals surface area contributed by atoms with Gasteiger partial charge in [-0.3, -0.25) is 4.79 Å². The molecule has 0 aromatic heterocycles. The Labute approximate surface area is 135 Å². The Kier molecular flexibility index (Phi) is 4.42. The third kappa shape index (κ3) is 3.97. The van der Waals surface area contributed by atoms with Crippen molar-refractivity contribution in [3.05, 3.63) is 71.3 Å². The highest BCUT2D eigenvalue weighted by Gasteiger charge is 2.33. The van der Waals surface area contributed by atoms with Gasteiger partial charge in [-0.2, -0.15) is 0 Å². The lowest BCUT2D eigenvalue weighted by atomic mass is 10.0. The van der Waals surface area contributed by atoms with Gasteiger partial charge in [0.05, 0.1) is 18.0 Å². The van der Waals surface area contributed by atoms with Crippen LogP contribution in [0.25, 0.3) is 0 Å². The number of hydrogen-bond donors (Lipinski definition) is 2. The van der Waals surface area contributed by atoms with E-state index in [0.29, 0.717) is 5.92 Å². The van der Waals surface area contributed by atoms with Crippen LogP contribution in [0.1, 0.15) is 40.4 Å². The fraction of sp³-hybridized carbons (Fsp3) is 0.263. The highest BCUT2D eigenvalue weighted by molar-refractivity contribution is 5.87. The fourth-order valence-corrected chi connectivity index (χ4v) is 2.74. The van der Waals surface area contributed by atoms with E-state index in [-0.39, 0.29) is 23.9 Å². The maximum atomic E-state index is 12.3. The Balaban J connectivity index is 1.64. The highest BCUT2D eigenvalue weighted by atomic mass is 16.4. The molecule has 0 spiro atoms. The third-order valence-electron chi connectivity index (χ3n) is 4.13. The molecule has 1 fully saturated rings. The van der Waals surface area contributed by atoms with Crippen LogP contribution >= 0.6 is 0 Å². The van der Waals surface area contributed by atoms with Crippen LogP contribution in [-0.4, -0.2) is 17.0 Å². The summed E-state index contributed by atoms with van der Waals surface area (Å²) in [4.78, 5) is 23.2. The van der Waals surface area contributed by atoms with Gasteiger partial charge >= 0.3 is 5.97 Å². The van der Waals surface area contributed by atoms with Crippen LogP contribution < -0.4 is 5.32 Å². The minimum atomic E-state index is -0.959. The van der Waals surface area contributed by atoms with Gasteiger partial charge in [-0.15, -0.1) is 0 Å². The van der Waals surface area contributed by atoms with Gasteiger partial charge in [0.15, 0.2) is 0 Å². The van der Waals surface area contributed by atoms with Gasteiger partial charge in [0.1, 0.15) is 0 Å². The lowest BCUT2D eigenvalue weighted by Crippen LogP contribution is -2.31. The van der Waals surface area contributed by atoms with Gasteiger partial charge in [-0.05, 0) is 42.0 Å². The molecule has 0 bridgehead atoms. The lowest BCUT2D eigenvalue weighted by Gasteiger charge is -2.19. The number of nitrogens with one attached hydrogen (secondary N) is 1. The van der Waals surface area contributed by atoms with Gasteiger partial charge in [0, 0.05) is 0 Å². The molecule has 3 rings (SSSR count). The molecule has 2 aromatic rings. The summed E-state index contributed by atoms with van der Waals surface area (Å²) in [6.45, 7) is 0. The molecule has 4 nitrogen and oxygen atoms in total. The first-order valence-electron chi connectivity index (χ1n) is 7.80. The number of benzene rings is 2. The first kappa shape index (κ1) is 15.3. The van der Waals surface area contributed by atoms with Crippen molar-refractivity contribution in [3.8, 4) is 0 Å². The van der Waals surface area contributed by atoms with Crippen LogP contribution in [0.15, 0.2) is 54.6 Å². The molecule has 118 valence electrons. The smallest absolute Gasteiger partial charge is 0.335 e. The third-order valence-corrected chi connectivity index (χ3v) is 4.13. The van der Waals surface area contributed by atoms with Crippen molar-refractivity contribution in [1.29, 1.82) is 0 Å². The van der Waals surface area contributed by atoms with Crippen LogP contribution in [0.5, 0.6) is 0 Å². The van der Waals surface area contributed by atoms with Gasteiger partial charge in [-0.25, -0.2) is 4.79 Å². The summed E-state index contributed by atoms with van der Waals surface area (Å²) >= 11 is 0. The molecule has 1 aliphatic carbocycles. The van der Waals surface area contributed by atoms with E-state index in [1.54, 1.807) is 12.1 Å². The van der Waals surface area contributed by atoms with E-state index < -0.39 is 5.97 Å². The zero-order valence-electron chi connectivity index (χ0n) is 12.7. The first-order valence-corrected chi connectivity index (χ1v) is 7.80. The van der Waals surface area contributed by atoms with Crippen LogP contribution in [0, 0.1) is 5.92 Å². The Morgan fingerprint density at radius 2 is 1.70 bits per heavy atom. The molecule has 0 aliphatic heterocycles. The second-order valence-corrected chi connectivity index (χ2v) is 5.97. The monoisotopic (exact) mass is 309 g/mol. The molecule has 0 heterocycles. The van der Waals surface area contributed by atoms with E-state index >= 15 is 0 Å². The SMILES string of the molecule is O=C(Cc1ccc(C(=O)O)cc1)NC(c1ccccc1)C1CC1. The summed E-state index contributed by atoms with van der Waals surface area (Å²) in [5.41, 5.74) is 2.19. The van der Waals surface area contributed by atoms with E-state index in [9.17, 15) is 9.59 Å². The summed E-state index contributed by atoms with van der Waals surface area (Å²) in [5.74, 6) is -0.469. The molecule has 1 amide bonds. The maximum Gasteiger partial charge on any atom is 0.335 e. The average molecular weight is 309 g/mol. The van der Waals surface area contributed by atoms with E-state index in [1.165, 1.54) is 12.1 Å². The van der Waals surface area contributed by atoms with Crippen molar-refractivity contribution in [2.75, 3.05) is 0 Å². The number of carbonyl (C=O) groups excluding carboxylic acids is 1. The topological polar surface area (TPSA) is 66.4 Å². The van der Waals surface area contributed by atoms with E-state index in [0.717, 1.165) is 24.0 Å². The van der Waals surface area contributed by atoms with E-state index in [2.05, 4.69) is 5.32 Å². The number of hydrogen-bond acceptors (Lipinski definition) is 2. The zero-order chi connectivity index (χ0) is 16.2. The second kappa shape index (κ2) is 6.65. The molecular formula is C19H19NO3. The van der Waals surface area contributed by atoms with Gasteiger partial charge in [0.25, 0.3) is 0 Å². The van der Waals surface area contributed by atoms with E-state index in [1.807, 2.05) is 30.3 Å². The number of carbonyl (C=O) groups is 2. The van der Waals surface area contributed by atoms with Crippen LogP contribution in [0.2, 0.25) is 0 Å². The molecule has 2 N–H and O–H groups in total. The molecule has 0 saturated heterocycles. The molecule has 1 saturated carbocycles. The second-order valence-electron chi connectivity index (χ2n) is 5.97. The Morgan fingerprint density at radius 1 is 1.04 bits per heavy atom. The van der Waals surface area contributed by atoms with Crippen molar-refractivity contribution >= 4 is 11.9 Å². The largest absolute Gasteiger partial charge is 0.478 e. The number of carboxylic acid groups (broad SMARTS) is 1. The first-order chi connectivity index (χ1) is 11.1. The molecule has 0 radical (unpaired) electrons. The predicted molar refractivity (Wildman–Crippen MR) is 87.2 cm³/mol. The Morgan fingerprint density at radius 3 is 2.26 bits per heavy atom. The minimum Gasteiger partial charge on any atom is -0.478 e.